The molecule has 70 valence electrons. The molecule has 2 nitrogen and oxygen atoms in total. The van der Waals surface area contributed by atoms with Crippen LogP contribution in [-0.4, -0.2) is 16.8 Å². The number of aliphatic hydroxyl groups excluding tert-OH is 2. The first kappa shape index (κ1) is 10.3. The predicted molar refractivity (Wildman–Crippen MR) is 54.0 cm³/mol. The van der Waals surface area contributed by atoms with Crippen LogP contribution in [0.25, 0.3) is 0 Å². The first-order valence-corrected chi connectivity index (χ1v) is 4.17. The molecular weight excluding hydrogens is 176 g/mol. The lowest BCUT2D eigenvalue weighted by molar-refractivity contribution is 0.238. The molecule has 1 aromatic rings. The van der Waals surface area contributed by atoms with Gasteiger partial charge < -0.3 is 10.2 Å². The van der Waals surface area contributed by atoms with Crippen molar-refractivity contribution in [2.45, 2.75) is 6.10 Å². The minimum Gasteiger partial charge on any atom is -0.384 e. The quantitative estimate of drug-likeness (QED) is 0.634. The summed E-state index contributed by atoms with van der Waals surface area (Å²) in [6.45, 7) is -0.212. The van der Waals surface area contributed by atoms with Gasteiger partial charge in [-0.3, -0.25) is 0 Å². The molecule has 0 spiro atoms. The molecule has 0 aliphatic rings. The minimum absolute atomic E-state index is 0.212. The summed E-state index contributed by atoms with van der Waals surface area (Å²) in [7, 11) is 0. The van der Waals surface area contributed by atoms with Crippen molar-refractivity contribution in [1.82, 2.24) is 0 Å². The molecule has 2 heteroatoms. The summed E-state index contributed by atoms with van der Waals surface area (Å²) in [5.41, 5.74) is 0.741. The molecule has 0 saturated carbocycles. The van der Waals surface area contributed by atoms with E-state index in [1.807, 2.05) is 18.2 Å². The lowest BCUT2D eigenvalue weighted by Crippen LogP contribution is -1.91. The van der Waals surface area contributed by atoms with Gasteiger partial charge in [-0.15, -0.1) is 0 Å². The molecule has 0 amide bonds. The Morgan fingerprint density at radius 2 is 1.86 bits per heavy atom. The largest absolute Gasteiger partial charge is 0.384 e. The van der Waals surface area contributed by atoms with Crippen molar-refractivity contribution in [3.63, 3.8) is 0 Å². The van der Waals surface area contributed by atoms with Gasteiger partial charge in [-0.05, 0) is 17.4 Å². The summed E-state index contributed by atoms with van der Waals surface area (Å²) in [6, 6.07) is 9.12. The summed E-state index contributed by atoms with van der Waals surface area (Å²) in [6.07, 6.45) is -0.816. The van der Waals surface area contributed by atoms with E-state index in [1.54, 1.807) is 12.1 Å². The van der Waals surface area contributed by atoms with Crippen molar-refractivity contribution < 1.29 is 10.2 Å². The predicted octanol–water partition coefficient (Wildman–Crippen LogP) is 0.719. The number of hydrogen-bond acceptors (Lipinski definition) is 2. The molecule has 1 aromatic carbocycles. The van der Waals surface area contributed by atoms with Crippen LogP contribution in [0.5, 0.6) is 0 Å². The van der Waals surface area contributed by atoms with Gasteiger partial charge in [0.1, 0.15) is 12.7 Å². The number of rotatable bonds is 1. The van der Waals surface area contributed by atoms with Crippen LogP contribution >= 0.6 is 0 Å². The van der Waals surface area contributed by atoms with E-state index in [2.05, 4.69) is 23.7 Å². The summed E-state index contributed by atoms with van der Waals surface area (Å²) in [5.74, 6) is 9.81. The Morgan fingerprint density at radius 3 is 2.50 bits per heavy atom. The smallest absolute Gasteiger partial charge is 0.141 e. The maximum absolute atomic E-state index is 9.52. The second kappa shape index (κ2) is 5.83. The van der Waals surface area contributed by atoms with Gasteiger partial charge in [0.2, 0.25) is 0 Å². The SMILES string of the molecule is OCC#CC#C[C@@H](O)c1ccccc1. The van der Waals surface area contributed by atoms with Gasteiger partial charge in [0.05, 0.1) is 0 Å². The van der Waals surface area contributed by atoms with E-state index in [0.29, 0.717) is 0 Å². The highest BCUT2D eigenvalue weighted by Crippen LogP contribution is 2.09. The van der Waals surface area contributed by atoms with Gasteiger partial charge >= 0.3 is 0 Å². The standard InChI is InChI=1S/C12H10O2/c13-10-6-2-5-9-12(14)11-7-3-1-4-8-11/h1,3-4,7-8,12-14H,10H2/t12-/m1/s1. The molecule has 0 aliphatic carbocycles. The number of benzene rings is 1. The third-order valence-electron chi connectivity index (χ3n) is 1.55. The van der Waals surface area contributed by atoms with E-state index in [9.17, 15) is 5.11 Å². The van der Waals surface area contributed by atoms with Crippen molar-refractivity contribution in [3.05, 3.63) is 35.9 Å². The number of hydrogen-bond donors (Lipinski definition) is 2. The third-order valence-corrected chi connectivity index (χ3v) is 1.55. The van der Waals surface area contributed by atoms with E-state index in [-0.39, 0.29) is 6.61 Å². The Balaban J connectivity index is 2.66. The Labute approximate surface area is 83.2 Å². The maximum atomic E-state index is 9.52. The lowest BCUT2D eigenvalue weighted by Gasteiger charge is -2.00. The van der Waals surface area contributed by atoms with Crippen LogP contribution in [0.4, 0.5) is 0 Å². The topological polar surface area (TPSA) is 40.5 Å². The Morgan fingerprint density at radius 1 is 1.14 bits per heavy atom. The first-order valence-electron chi connectivity index (χ1n) is 4.17. The monoisotopic (exact) mass is 186 g/mol. The molecule has 0 fully saturated rings. The lowest BCUT2D eigenvalue weighted by atomic mass is 10.1. The maximum Gasteiger partial charge on any atom is 0.141 e. The zero-order valence-corrected chi connectivity index (χ0v) is 7.57. The average molecular weight is 186 g/mol. The van der Waals surface area contributed by atoms with Gasteiger partial charge in [-0.2, -0.15) is 0 Å². The highest BCUT2D eigenvalue weighted by atomic mass is 16.3. The zero-order valence-electron chi connectivity index (χ0n) is 7.57. The fraction of sp³-hybridized carbons (Fsp3) is 0.167. The highest BCUT2D eigenvalue weighted by molar-refractivity contribution is 5.31. The zero-order chi connectivity index (χ0) is 10.2. The van der Waals surface area contributed by atoms with E-state index in [4.69, 9.17) is 5.11 Å². The molecule has 0 radical (unpaired) electrons. The van der Waals surface area contributed by atoms with Gasteiger partial charge in [0.15, 0.2) is 0 Å². The summed E-state index contributed by atoms with van der Waals surface area (Å²) < 4.78 is 0. The molecule has 14 heavy (non-hydrogen) atoms. The van der Waals surface area contributed by atoms with Crippen LogP contribution < -0.4 is 0 Å². The second-order valence-electron chi connectivity index (χ2n) is 2.54. The second-order valence-corrected chi connectivity index (χ2v) is 2.54. The van der Waals surface area contributed by atoms with E-state index >= 15 is 0 Å². The number of aliphatic hydroxyl groups is 2. The summed E-state index contributed by atoms with van der Waals surface area (Å²) in [4.78, 5) is 0. The molecule has 0 saturated heterocycles. The minimum atomic E-state index is -0.816. The van der Waals surface area contributed by atoms with E-state index < -0.39 is 6.10 Å². The average Bonchev–Trinajstić information content (AvgIpc) is 2.25. The molecule has 2 N–H and O–H groups in total. The van der Waals surface area contributed by atoms with Crippen molar-refractivity contribution in [1.29, 1.82) is 0 Å². The first-order chi connectivity index (χ1) is 6.84. The van der Waals surface area contributed by atoms with Crippen molar-refractivity contribution in [2.24, 2.45) is 0 Å². The van der Waals surface area contributed by atoms with E-state index in [1.165, 1.54) is 0 Å². The molecule has 0 aliphatic heterocycles. The van der Waals surface area contributed by atoms with Crippen molar-refractivity contribution in [2.75, 3.05) is 6.61 Å². The molecule has 1 rings (SSSR count). The molecule has 0 heterocycles. The van der Waals surface area contributed by atoms with Crippen LogP contribution in [0.2, 0.25) is 0 Å². The molecule has 1 atom stereocenters. The normalized spacial score (nSPS) is 10.4. The van der Waals surface area contributed by atoms with Crippen LogP contribution in [-0.2, 0) is 0 Å². The van der Waals surface area contributed by atoms with Gasteiger partial charge in [-0.1, -0.05) is 42.2 Å². The fourth-order valence-electron chi connectivity index (χ4n) is 0.907. The molecule has 0 unspecified atom stereocenters. The Hall–Kier alpha value is -1.74. The van der Waals surface area contributed by atoms with Gasteiger partial charge in [0.25, 0.3) is 0 Å². The molecule has 0 aromatic heterocycles. The van der Waals surface area contributed by atoms with Crippen molar-refractivity contribution >= 4 is 0 Å². The van der Waals surface area contributed by atoms with Crippen LogP contribution in [0, 0.1) is 23.7 Å². The van der Waals surface area contributed by atoms with Gasteiger partial charge in [-0.25, -0.2) is 0 Å². The third kappa shape index (κ3) is 3.33. The van der Waals surface area contributed by atoms with Crippen LogP contribution in [0.3, 0.4) is 0 Å². The summed E-state index contributed by atoms with van der Waals surface area (Å²) in [5, 5.41) is 17.9. The van der Waals surface area contributed by atoms with Gasteiger partial charge in [0, 0.05) is 0 Å². The van der Waals surface area contributed by atoms with E-state index in [0.717, 1.165) is 5.56 Å². The Bertz CT molecular complexity index is 387. The summed E-state index contributed by atoms with van der Waals surface area (Å²) >= 11 is 0. The van der Waals surface area contributed by atoms with Crippen LogP contribution in [0.1, 0.15) is 11.7 Å². The Kier molecular flexibility index (Phi) is 4.31. The molecule has 0 bridgehead atoms. The van der Waals surface area contributed by atoms with Crippen LogP contribution in [0.15, 0.2) is 30.3 Å². The van der Waals surface area contributed by atoms with Crippen molar-refractivity contribution in [3.8, 4) is 23.7 Å². The highest BCUT2D eigenvalue weighted by Gasteiger charge is 1.99. The molecular formula is C12H10O2. The fourth-order valence-corrected chi connectivity index (χ4v) is 0.907.